The Bertz CT molecular complexity index is 264. The molecular weight excluding hydrogens is 220 g/mol. The van der Waals surface area contributed by atoms with Gasteiger partial charge in [0, 0.05) is 19.0 Å². The van der Waals surface area contributed by atoms with Crippen LogP contribution in [0.4, 0.5) is 4.79 Å². The molecule has 98 valence electrons. The first-order valence-electron chi connectivity index (χ1n) is 6.38. The zero-order valence-corrected chi connectivity index (χ0v) is 10.4. The van der Waals surface area contributed by atoms with Gasteiger partial charge in [0.05, 0.1) is 0 Å². The number of hydrogen-bond donors (Lipinski definition) is 3. The molecule has 0 aliphatic heterocycles. The van der Waals surface area contributed by atoms with Gasteiger partial charge < -0.3 is 15.7 Å². The molecule has 0 bridgehead atoms. The van der Waals surface area contributed by atoms with Crippen LogP contribution in [-0.4, -0.2) is 29.7 Å². The Hall–Kier alpha value is -1.26. The van der Waals surface area contributed by atoms with Crippen LogP contribution in [0.3, 0.4) is 0 Å². The molecule has 5 nitrogen and oxygen atoms in total. The first-order valence-corrected chi connectivity index (χ1v) is 6.38. The second kappa shape index (κ2) is 7.14. The molecule has 1 aliphatic rings. The molecule has 0 heterocycles. The Morgan fingerprint density at radius 2 is 2.12 bits per heavy atom. The van der Waals surface area contributed by atoms with Crippen molar-refractivity contribution < 1.29 is 14.7 Å². The summed E-state index contributed by atoms with van der Waals surface area (Å²) in [5.74, 6) is -0.0281. The Balaban J connectivity index is 2.07. The van der Waals surface area contributed by atoms with Crippen LogP contribution in [0.25, 0.3) is 0 Å². The first-order chi connectivity index (χ1) is 8.11. The van der Waals surface area contributed by atoms with Crippen LogP contribution in [0.15, 0.2) is 0 Å². The van der Waals surface area contributed by atoms with Gasteiger partial charge in [-0.05, 0) is 25.2 Å². The lowest BCUT2D eigenvalue weighted by Crippen LogP contribution is -2.42. The lowest BCUT2D eigenvalue weighted by Gasteiger charge is -2.17. The maximum Gasteiger partial charge on any atom is 0.315 e. The average Bonchev–Trinajstić information content (AvgIpc) is 3.07. The number of rotatable bonds is 8. The number of hydrogen-bond acceptors (Lipinski definition) is 2. The van der Waals surface area contributed by atoms with E-state index in [9.17, 15) is 9.59 Å². The third-order valence-corrected chi connectivity index (χ3v) is 3.00. The second-order valence-electron chi connectivity index (χ2n) is 4.68. The average molecular weight is 242 g/mol. The molecule has 17 heavy (non-hydrogen) atoms. The molecule has 1 fully saturated rings. The number of carbonyl (C=O) groups excluding carboxylic acids is 1. The first kappa shape index (κ1) is 13.8. The van der Waals surface area contributed by atoms with Crippen LogP contribution < -0.4 is 10.6 Å². The number of urea groups is 1. The molecule has 0 spiro atoms. The highest BCUT2D eigenvalue weighted by Crippen LogP contribution is 2.33. The fraction of sp³-hybridized carbons (Fsp3) is 0.833. The fourth-order valence-electron chi connectivity index (χ4n) is 1.76. The van der Waals surface area contributed by atoms with Gasteiger partial charge in [0.2, 0.25) is 0 Å². The van der Waals surface area contributed by atoms with Crippen molar-refractivity contribution in [2.24, 2.45) is 5.92 Å². The molecule has 5 heteroatoms. The quantitative estimate of drug-likeness (QED) is 0.567. The molecule has 2 amide bonds. The van der Waals surface area contributed by atoms with Crippen LogP contribution in [0.1, 0.15) is 45.4 Å². The standard InChI is InChI=1S/C12H22N2O3/c1-2-10(8-9-5-6-9)14-12(17)13-7-3-4-11(15)16/h9-10H,2-8H2,1H3,(H,15,16)(H2,13,14,17). The van der Waals surface area contributed by atoms with Gasteiger partial charge in [0.1, 0.15) is 0 Å². The molecule has 0 aromatic carbocycles. The molecule has 0 aromatic heterocycles. The number of nitrogens with one attached hydrogen (secondary N) is 2. The van der Waals surface area contributed by atoms with Crippen LogP contribution >= 0.6 is 0 Å². The lowest BCUT2D eigenvalue weighted by molar-refractivity contribution is -0.137. The van der Waals surface area contributed by atoms with E-state index in [-0.39, 0.29) is 18.5 Å². The zero-order valence-electron chi connectivity index (χ0n) is 10.4. The Morgan fingerprint density at radius 3 is 2.65 bits per heavy atom. The summed E-state index contributed by atoms with van der Waals surface area (Å²) in [6, 6.07) is 0.0739. The smallest absolute Gasteiger partial charge is 0.315 e. The normalized spacial score (nSPS) is 16.3. The highest BCUT2D eigenvalue weighted by molar-refractivity contribution is 5.74. The summed E-state index contributed by atoms with van der Waals surface area (Å²) in [7, 11) is 0. The minimum Gasteiger partial charge on any atom is -0.481 e. The van der Waals surface area contributed by atoms with Crippen molar-refractivity contribution in [3.63, 3.8) is 0 Å². The molecule has 1 aliphatic carbocycles. The predicted octanol–water partition coefficient (Wildman–Crippen LogP) is 1.73. The van der Waals surface area contributed by atoms with Gasteiger partial charge >= 0.3 is 12.0 Å². The Kier molecular flexibility index (Phi) is 5.80. The number of aliphatic carboxylic acids is 1. The van der Waals surface area contributed by atoms with E-state index < -0.39 is 5.97 Å². The van der Waals surface area contributed by atoms with Crippen molar-refractivity contribution in [2.45, 2.75) is 51.5 Å². The summed E-state index contributed by atoms with van der Waals surface area (Å²) in [6.45, 7) is 2.48. The number of amides is 2. The van der Waals surface area contributed by atoms with Crippen LogP contribution in [-0.2, 0) is 4.79 Å². The molecule has 1 atom stereocenters. The SMILES string of the molecule is CCC(CC1CC1)NC(=O)NCCCC(=O)O. The van der Waals surface area contributed by atoms with Crippen molar-refractivity contribution in [2.75, 3.05) is 6.54 Å². The highest BCUT2D eigenvalue weighted by Gasteiger charge is 2.25. The van der Waals surface area contributed by atoms with Gasteiger partial charge in [0.15, 0.2) is 0 Å². The largest absolute Gasteiger partial charge is 0.481 e. The summed E-state index contributed by atoms with van der Waals surface area (Å²) >= 11 is 0. The van der Waals surface area contributed by atoms with E-state index in [2.05, 4.69) is 17.6 Å². The molecule has 0 aromatic rings. The summed E-state index contributed by atoms with van der Waals surface area (Å²) in [5, 5.41) is 14.1. The molecule has 1 rings (SSSR count). The van der Waals surface area contributed by atoms with Crippen LogP contribution in [0.2, 0.25) is 0 Å². The second-order valence-corrected chi connectivity index (χ2v) is 4.68. The monoisotopic (exact) mass is 242 g/mol. The zero-order chi connectivity index (χ0) is 12.7. The van der Waals surface area contributed by atoms with E-state index in [1.54, 1.807) is 0 Å². The summed E-state index contributed by atoms with van der Waals surface area (Å²) in [5.41, 5.74) is 0. The number of carbonyl (C=O) groups is 2. The van der Waals surface area contributed by atoms with E-state index in [0.717, 1.165) is 18.8 Å². The van der Waals surface area contributed by atoms with Gasteiger partial charge in [-0.2, -0.15) is 0 Å². The van der Waals surface area contributed by atoms with Gasteiger partial charge in [0.25, 0.3) is 0 Å². The summed E-state index contributed by atoms with van der Waals surface area (Å²) in [4.78, 5) is 21.8. The van der Waals surface area contributed by atoms with Gasteiger partial charge in [-0.15, -0.1) is 0 Å². The van der Waals surface area contributed by atoms with E-state index >= 15 is 0 Å². The molecule has 1 saturated carbocycles. The third kappa shape index (κ3) is 6.81. The van der Waals surface area contributed by atoms with Crippen molar-refractivity contribution in [1.29, 1.82) is 0 Å². The number of carboxylic acids is 1. The highest BCUT2D eigenvalue weighted by atomic mass is 16.4. The van der Waals surface area contributed by atoms with Crippen molar-refractivity contribution >= 4 is 12.0 Å². The lowest BCUT2D eigenvalue weighted by atomic mass is 10.1. The van der Waals surface area contributed by atoms with Gasteiger partial charge in [-0.1, -0.05) is 19.8 Å². The van der Waals surface area contributed by atoms with Crippen LogP contribution in [0.5, 0.6) is 0 Å². The molecule has 0 radical (unpaired) electrons. The van der Waals surface area contributed by atoms with E-state index in [4.69, 9.17) is 5.11 Å². The fourth-order valence-corrected chi connectivity index (χ4v) is 1.76. The van der Waals surface area contributed by atoms with Crippen molar-refractivity contribution in [1.82, 2.24) is 10.6 Å². The Morgan fingerprint density at radius 1 is 1.41 bits per heavy atom. The molecule has 1 unspecified atom stereocenters. The van der Waals surface area contributed by atoms with E-state index in [1.807, 2.05) is 0 Å². The topological polar surface area (TPSA) is 78.4 Å². The maximum atomic E-state index is 11.5. The predicted molar refractivity (Wildman–Crippen MR) is 64.8 cm³/mol. The van der Waals surface area contributed by atoms with E-state index in [0.29, 0.717) is 13.0 Å². The minimum absolute atomic E-state index is 0.0968. The van der Waals surface area contributed by atoms with E-state index in [1.165, 1.54) is 12.8 Å². The summed E-state index contributed by atoms with van der Waals surface area (Å²) in [6.07, 6.45) is 5.16. The molecular formula is C12H22N2O3. The molecule has 3 N–H and O–H groups in total. The molecule has 0 saturated heterocycles. The van der Waals surface area contributed by atoms with Crippen LogP contribution in [0, 0.1) is 5.92 Å². The van der Waals surface area contributed by atoms with Crippen molar-refractivity contribution in [3.8, 4) is 0 Å². The van der Waals surface area contributed by atoms with Crippen molar-refractivity contribution in [3.05, 3.63) is 0 Å². The summed E-state index contributed by atoms with van der Waals surface area (Å²) < 4.78 is 0. The number of carboxylic acid groups (broad SMARTS) is 1. The maximum absolute atomic E-state index is 11.5. The minimum atomic E-state index is -0.827. The van der Waals surface area contributed by atoms with Gasteiger partial charge in [-0.3, -0.25) is 4.79 Å². The third-order valence-electron chi connectivity index (χ3n) is 3.00. The Labute approximate surface area is 102 Å². The van der Waals surface area contributed by atoms with Gasteiger partial charge in [-0.25, -0.2) is 4.79 Å².